The highest BCUT2D eigenvalue weighted by Gasteiger charge is 2.23. The van der Waals surface area contributed by atoms with Gasteiger partial charge in [0, 0.05) is 13.1 Å². The van der Waals surface area contributed by atoms with Gasteiger partial charge in [-0.05, 0) is 48.5 Å². The van der Waals surface area contributed by atoms with Crippen molar-refractivity contribution < 1.29 is 17.9 Å². The summed E-state index contributed by atoms with van der Waals surface area (Å²) in [5.41, 5.74) is 0.535. The molecule has 6 nitrogen and oxygen atoms in total. The number of nitriles is 1. The van der Waals surface area contributed by atoms with E-state index in [-0.39, 0.29) is 24.6 Å². The molecule has 0 atom stereocenters. The topological polar surface area (TPSA) is 79.6 Å². The second-order valence-corrected chi connectivity index (χ2v) is 7.25. The van der Waals surface area contributed by atoms with E-state index in [4.69, 9.17) is 14.7 Å². The van der Waals surface area contributed by atoms with Crippen LogP contribution < -0.4 is 9.47 Å². The van der Waals surface area contributed by atoms with E-state index in [1.165, 1.54) is 29.6 Å². The Labute approximate surface area is 153 Å². The molecule has 26 heavy (non-hydrogen) atoms. The average Bonchev–Trinajstić information content (AvgIpc) is 2.67. The van der Waals surface area contributed by atoms with Crippen LogP contribution in [0.3, 0.4) is 0 Å². The fourth-order valence-corrected chi connectivity index (χ4v) is 3.64. The summed E-state index contributed by atoms with van der Waals surface area (Å²) in [6, 6.07) is 14.9. The van der Waals surface area contributed by atoms with Crippen LogP contribution in [0.2, 0.25) is 0 Å². The third-order valence-corrected chi connectivity index (χ3v) is 5.50. The zero-order valence-corrected chi connectivity index (χ0v) is 15.3. The lowest BCUT2D eigenvalue weighted by atomic mass is 10.2. The molecule has 0 aliphatic rings. The first-order valence-electron chi connectivity index (χ1n) is 7.89. The Bertz CT molecular complexity index is 869. The molecule has 0 aromatic heterocycles. The molecule has 2 aromatic carbocycles. The minimum atomic E-state index is -3.67. The summed E-state index contributed by atoms with van der Waals surface area (Å²) in [5.74, 6) is 1.16. The molecule has 0 unspecified atom stereocenters. The number of nitrogens with zero attached hydrogens (tertiary/aromatic N) is 2. The molecule has 0 aliphatic heterocycles. The van der Waals surface area contributed by atoms with Crippen LogP contribution in [0, 0.1) is 11.3 Å². The zero-order chi connectivity index (χ0) is 19.0. The van der Waals surface area contributed by atoms with Crippen molar-refractivity contribution in [2.24, 2.45) is 0 Å². The van der Waals surface area contributed by atoms with Gasteiger partial charge >= 0.3 is 0 Å². The number of hydrogen-bond donors (Lipinski definition) is 0. The molecule has 0 saturated heterocycles. The van der Waals surface area contributed by atoms with Crippen molar-refractivity contribution in [3.63, 3.8) is 0 Å². The molecular formula is C19H20N2O4S. The van der Waals surface area contributed by atoms with Crippen LogP contribution in [0.5, 0.6) is 11.5 Å². The fourth-order valence-electron chi connectivity index (χ4n) is 2.24. The van der Waals surface area contributed by atoms with Crippen LogP contribution in [0.15, 0.2) is 66.1 Å². The lowest BCUT2D eigenvalue weighted by molar-refractivity contribution is 0.280. The van der Waals surface area contributed by atoms with Crippen molar-refractivity contribution in [1.82, 2.24) is 4.31 Å². The summed E-state index contributed by atoms with van der Waals surface area (Å²) in [7, 11) is -2.15. The fraction of sp³-hybridized carbons (Fsp3) is 0.211. The van der Waals surface area contributed by atoms with Gasteiger partial charge in [-0.3, -0.25) is 0 Å². The van der Waals surface area contributed by atoms with Crippen LogP contribution >= 0.6 is 0 Å². The summed E-state index contributed by atoms with van der Waals surface area (Å²) in [6.07, 6.45) is 1.53. The normalized spacial score (nSPS) is 11.0. The van der Waals surface area contributed by atoms with E-state index in [0.29, 0.717) is 17.1 Å². The Morgan fingerprint density at radius 2 is 1.73 bits per heavy atom. The van der Waals surface area contributed by atoms with Crippen LogP contribution in [0.4, 0.5) is 0 Å². The lowest BCUT2D eigenvalue weighted by Crippen LogP contribution is -2.34. The first kappa shape index (κ1) is 19.5. The molecule has 7 heteroatoms. The summed E-state index contributed by atoms with van der Waals surface area (Å²) < 4.78 is 37.5. The minimum absolute atomic E-state index is 0.167. The van der Waals surface area contributed by atoms with Gasteiger partial charge in [0.2, 0.25) is 10.0 Å². The van der Waals surface area contributed by atoms with Gasteiger partial charge in [0.1, 0.15) is 18.1 Å². The molecule has 0 N–H and O–H groups in total. The molecule has 2 rings (SSSR count). The van der Waals surface area contributed by atoms with Gasteiger partial charge in [0.05, 0.1) is 23.6 Å². The maximum absolute atomic E-state index is 12.8. The molecule has 0 bridgehead atoms. The number of rotatable bonds is 9. The van der Waals surface area contributed by atoms with Crippen molar-refractivity contribution in [2.45, 2.75) is 4.90 Å². The summed E-state index contributed by atoms with van der Waals surface area (Å²) >= 11 is 0. The maximum atomic E-state index is 12.8. The third-order valence-electron chi connectivity index (χ3n) is 3.62. The maximum Gasteiger partial charge on any atom is 0.243 e. The van der Waals surface area contributed by atoms with Crippen LogP contribution in [0.1, 0.15) is 5.56 Å². The Morgan fingerprint density at radius 1 is 1.12 bits per heavy atom. The van der Waals surface area contributed by atoms with Crippen molar-refractivity contribution >= 4 is 10.0 Å². The molecule has 0 spiro atoms. The molecule has 0 fully saturated rings. The molecule has 2 aromatic rings. The van der Waals surface area contributed by atoms with Crippen molar-refractivity contribution in [3.8, 4) is 17.6 Å². The zero-order valence-electron chi connectivity index (χ0n) is 14.5. The SMILES string of the molecule is C=CCN(CCOc1ccc(C#N)cc1)S(=O)(=O)c1ccc(OC)cc1. The van der Waals surface area contributed by atoms with E-state index < -0.39 is 10.0 Å². The Kier molecular flexibility index (Phi) is 6.78. The molecule has 0 radical (unpaired) electrons. The van der Waals surface area contributed by atoms with Gasteiger partial charge in [-0.2, -0.15) is 9.57 Å². The second-order valence-electron chi connectivity index (χ2n) is 5.31. The number of sulfonamides is 1. The Balaban J connectivity index is 2.06. The van der Waals surface area contributed by atoms with Gasteiger partial charge in [-0.1, -0.05) is 6.08 Å². The molecular weight excluding hydrogens is 352 g/mol. The highest BCUT2D eigenvalue weighted by molar-refractivity contribution is 7.89. The van der Waals surface area contributed by atoms with E-state index in [0.717, 1.165) is 0 Å². The molecule has 0 amide bonds. The van der Waals surface area contributed by atoms with E-state index in [1.807, 2.05) is 6.07 Å². The van der Waals surface area contributed by atoms with E-state index >= 15 is 0 Å². The van der Waals surface area contributed by atoms with Crippen LogP contribution in [0.25, 0.3) is 0 Å². The lowest BCUT2D eigenvalue weighted by Gasteiger charge is -2.21. The number of hydrogen-bond acceptors (Lipinski definition) is 5. The van der Waals surface area contributed by atoms with Crippen molar-refractivity contribution in [1.29, 1.82) is 5.26 Å². The predicted molar refractivity (Wildman–Crippen MR) is 98.6 cm³/mol. The molecule has 0 saturated carbocycles. The predicted octanol–water partition coefficient (Wildman–Crippen LogP) is 2.82. The highest BCUT2D eigenvalue weighted by atomic mass is 32.2. The largest absolute Gasteiger partial charge is 0.497 e. The first-order chi connectivity index (χ1) is 12.5. The number of ether oxygens (including phenoxy) is 2. The molecule has 0 aliphatic carbocycles. The minimum Gasteiger partial charge on any atom is -0.497 e. The Hall–Kier alpha value is -2.82. The summed E-state index contributed by atoms with van der Waals surface area (Å²) in [5, 5.41) is 8.79. The van der Waals surface area contributed by atoms with Crippen LogP contribution in [-0.2, 0) is 10.0 Å². The summed E-state index contributed by atoms with van der Waals surface area (Å²) in [4.78, 5) is 0.179. The van der Waals surface area contributed by atoms with E-state index in [1.54, 1.807) is 36.4 Å². The second kappa shape index (κ2) is 9.04. The number of methoxy groups -OCH3 is 1. The molecule has 0 heterocycles. The van der Waals surface area contributed by atoms with Gasteiger partial charge in [0.15, 0.2) is 0 Å². The van der Waals surface area contributed by atoms with Gasteiger partial charge in [-0.25, -0.2) is 8.42 Å². The quantitative estimate of drug-likeness (QED) is 0.633. The third kappa shape index (κ3) is 4.85. The average molecular weight is 372 g/mol. The highest BCUT2D eigenvalue weighted by Crippen LogP contribution is 2.19. The summed E-state index contributed by atoms with van der Waals surface area (Å²) in [6.45, 7) is 4.14. The van der Waals surface area contributed by atoms with Gasteiger partial charge in [0.25, 0.3) is 0 Å². The number of benzene rings is 2. The smallest absolute Gasteiger partial charge is 0.243 e. The van der Waals surface area contributed by atoms with Crippen LogP contribution in [-0.4, -0.2) is 39.5 Å². The van der Waals surface area contributed by atoms with E-state index in [2.05, 4.69) is 6.58 Å². The van der Waals surface area contributed by atoms with Crippen molar-refractivity contribution in [2.75, 3.05) is 26.8 Å². The standard InChI is InChI=1S/C19H20N2O4S/c1-3-12-21(13-14-25-18-6-4-16(15-20)5-7-18)26(22,23)19-10-8-17(24-2)9-11-19/h3-11H,1,12-14H2,2H3. The molecule has 136 valence electrons. The van der Waals surface area contributed by atoms with Crippen molar-refractivity contribution in [3.05, 3.63) is 66.7 Å². The van der Waals surface area contributed by atoms with Gasteiger partial charge < -0.3 is 9.47 Å². The Morgan fingerprint density at radius 3 is 2.27 bits per heavy atom. The monoisotopic (exact) mass is 372 g/mol. The van der Waals surface area contributed by atoms with Gasteiger partial charge in [-0.15, -0.1) is 6.58 Å². The first-order valence-corrected chi connectivity index (χ1v) is 9.33. The van der Waals surface area contributed by atoms with E-state index in [9.17, 15) is 8.42 Å².